The largest absolute Gasteiger partial charge is 0.489 e. The van der Waals surface area contributed by atoms with Crippen LogP contribution >= 0.6 is 0 Å². The minimum Gasteiger partial charge on any atom is -0.489 e. The van der Waals surface area contributed by atoms with Crippen molar-refractivity contribution < 1.29 is 22.7 Å². The molecule has 1 aliphatic heterocycles. The number of ketones is 1. The fourth-order valence-electron chi connectivity index (χ4n) is 5.53. The number of pyridine rings is 1. The summed E-state index contributed by atoms with van der Waals surface area (Å²) in [6.45, 7) is 3.57. The van der Waals surface area contributed by atoms with E-state index in [2.05, 4.69) is 34.1 Å². The molecule has 4 aromatic carbocycles. The highest BCUT2D eigenvalue weighted by atomic mass is 19.4. The van der Waals surface area contributed by atoms with Crippen LogP contribution in [-0.2, 0) is 19.3 Å². The van der Waals surface area contributed by atoms with Gasteiger partial charge in [0.05, 0.1) is 11.1 Å². The van der Waals surface area contributed by atoms with Gasteiger partial charge in [-0.2, -0.15) is 13.2 Å². The number of halogens is 3. The van der Waals surface area contributed by atoms with Gasteiger partial charge >= 0.3 is 6.18 Å². The molecule has 0 saturated carbocycles. The van der Waals surface area contributed by atoms with Gasteiger partial charge in [0.1, 0.15) is 12.4 Å². The number of alkyl halides is 3. The Morgan fingerprint density at radius 2 is 1.55 bits per heavy atom. The quantitative estimate of drug-likeness (QED) is 0.177. The lowest BCUT2D eigenvalue weighted by molar-refractivity contribution is -0.136. The average Bonchev–Trinajstić information content (AvgIpc) is 3.52. The molecule has 1 aromatic heterocycles. The fraction of sp³-hybridized carbons (Fsp3) is 0.200. The van der Waals surface area contributed by atoms with Gasteiger partial charge in [-0.15, -0.1) is 0 Å². The minimum absolute atomic E-state index is 0.204. The summed E-state index contributed by atoms with van der Waals surface area (Å²) in [6.07, 6.45) is -0.833. The van der Waals surface area contributed by atoms with E-state index in [4.69, 9.17) is 4.74 Å². The molecule has 0 radical (unpaired) electrons. The Bertz CT molecular complexity index is 1710. The Morgan fingerprint density at radius 3 is 2.29 bits per heavy atom. The van der Waals surface area contributed by atoms with E-state index in [-0.39, 0.29) is 22.2 Å². The van der Waals surface area contributed by atoms with Crippen LogP contribution in [-0.4, -0.2) is 28.8 Å². The van der Waals surface area contributed by atoms with Crippen LogP contribution in [0, 0.1) is 0 Å². The lowest BCUT2D eigenvalue weighted by atomic mass is 9.91. The summed E-state index contributed by atoms with van der Waals surface area (Å²) in [5.41, 5.74) is 2.82. The summed E-state index contributed by atoms with van der Waals surface area (Å²) in [4.78, 5) is 20.2. The standard InChI is InChI=1S/C35H29F3N2O2/c36-35(37,38)31-13-7-12-29-32(30(21-39-33(29)31)34(41)26-8-2-1-3-9-26)27-10-6-11-28(20-27)42-23-25-16-14-24(15-17-25)22-40-18-4-5-19-40/h1-3,6-17,20-21H,4-5,18-19,22-23H2. The van der Waals surface area contributed by atoms with Crippen molar-refractivity contribution in [3.8, 4) is 16.9 Å². The number of carbonyl (C=O) groups excluding carboxylic acids is 1. The molecule has 0 amide bonds. The van der Waals surface area contributed by atoms with E-state index in [1.165, 1.54) is 30.7 Å². The highest BCUT2D eigenvalue weighted by molar-refractivity contribution is 6.16. The molecule has 0 atom stereocenters. The second kappa shape index (κ2) is 11.8. The summed E-state index contributed by atoms with van der Waals surface area (Å²) < 4.78 is 47.8. The van der Waals surface area contributed by atoms with Crippen molar-refractivity contribution in [3.05, 3.63) is 131 Å². The number of aromatic nitrogens is 1. The molecule has 6 rings (SSSR count). The van der Waals surface area contributed by atoms with E-state index in [0.717, 1.165) is 31.3 Å². The number of carbonyl (C=O) groups is 1. The smallest absolute Gasteiger partial charge is 0.418 e. The molecular weight excluding hydrogens is 537 g/mol. The molecule has 0 unspecified atom stereocenters. The summed E-state index contributed by atoms with van der Waals surface area (Å²) in [7, 11) is 0. The third-order valence-electron chi connectivity index (χ3n) is 7.64. The lowest BCUT2D eigenvalue weighted by Gasteiger charge is -2.17. The van der Waals surface area contributed by atoms with Gasteiger partial charge in [-0.05, 0) is 60.8 Å². The van der Waals surface area contributed by atoms with Gasteiger partial charge < -0.3 is 4.74 Å². The maximum absolute atomic E-state index is 13.9. The number of ether oxygens (including phenoxy) is 1. The van der Waals surface area contributed by atoms with Crippen molar-refractivity contribution in [1.29, 1.82) is 0 Å². The zero-order valence-electron chi connectivity index (χ0n) is 22.9. The van der Waals surface area contributed by atoms with Crippen LogP contribution in [0.2, 0.25) is 0 Å². The molecule has 42 heavy (non-hydrogen) atoms. The lowest BCUT2D eigenvalue weighted by Crippen LogP contribution is -2.18. The Labute approximate surface area is 242 Å². The number of hydrogen-bond donors (Lipinski definition) is 0. The maximum atomic E-state index is 13.9. The number of likely N-dealkylation sites (tertiary alicyclic amines) is 1. The molecule has 1 fully saturated rings. The SMILES string of the molecule is O=C(c1ccccc1)c1cnc2c(C(F)(F)F)cccc2c1-c1cccc(OCc2ccc(CN3CCCC3)cc2)c1. The first-order valence-electron chi connectivity index (χ1n) is 14.0. The van der Waals surface area contributed by atoms with Gasteiger partial charge in [0, 0.05) is 34.8 Å². The summed E-state index contributed by atoms with van der Waals surface area (Å²) >= 11 is 0. The van der Waals surface area contributed by atoms with Crippen LogP contribution in [0.15, 0.2) is 103 Å². The topological polar surface area (TPSA) is 42.4 Å². The van der Waals surface area contributed by atoms with Crippen LogP contribution in [0.1, 0.15) is 45.5 Å². The Kier molecular flexibility index (Phi) is 7.76. The van der Waals surface area contributed by atoms with Crippen LogP contribution in [0.25, 0.3) is 22.0 Å². The van der Waals surface area contributed by atoms with E-state index in [9.17, 15) is 18.0 Å². The highest BCUT2D eigenvalue weighted by Gasteiger charge is 2.34. The second-order valence-corrected chi connectivity index (χ2v) is 10.6. The van der Waals surface area contributed by atoms with E-state index >= 15 is 0 Å². The van der Waals surface area contributed by atoms with Gasteiger partial charge in [0.15, 0.2) is 5.78 Å². The molecule has 1 saturated heterocycles. The molecule has 212 valence electrons. The monoisotopic (exact) mass is 566 g/mol. The highest BCUT2D eigenvalue weighted by Crippen LogP contribution is 2.39. The summed E-state index contributed by atoms with van der Waals surface area (Å²) in [6, 6.07) is 28.1. The molecule has 2 heterocycles. The second-order valence-electron chi connectivity index (χ2n) is 10.6. The molecule has 0 aliphatic carbocycles. The van der Waals surface area contributed by atoms with Gasteiger partial charge in [0.2, 0.25) is 0 Å². The van der Waals surface area contributed by atoms with E-state index in [1.54, 1.807) is 60.7 Å². The predicted molar refractivity (Wildman–Crippen MR) is 157 cm³/mol. The van der Waals surface area contributed by atoms with Crippen molar-refractivity contribution in [2.24, 2.45) is 0 Å². The van der Waals surface area contributed by atoms with E-state index in [1.807, 2.05) is 0 Å². The van der Waals surface area contributed by atoms with Crippen LogP contribution < -0.4 is 4.74 Å². The van der Waals surface area contributed by atoms with Gasteiger partial charge in [-0.1, -0.05) is 78.9 Å². The van der Waals surface area contributed by atoms with Crippen molar-refractivity contribution >= 4 is 16.7 Å². The third-order valence-corrected chi connectivity index (χ3v) is 7.64. The molecule has 0 N–H and O–H groups in total. The van der Waals surface area contributed by atoms with Gasteiger partial charge in [-0.25, -0.2) is 0 Å². The van der Waals surface area contributed by atoms with Crippen molar-refractivity contribution in [1.82, 2.24) is 9.88 Å². The predicted octanol–water partition coefficient (Wildman–Crippen LogP) is 8.33. The number of benzene rings is 4. The number of nitrogens with zero attached hydrogens (tertiary/aromatic N) is 2. The van der Waals surface area contributed by atoms with E-state index < -0.39 is 11.7 Å². The number of hydrogen-bond acceptors (Lipinski definition) is 4. The van der Waals surface area contributed by atoms with Gasteiger partial charge in [0.25, 0.3) is 0 Å². The minimum atomic E-state index is -4.59. The van der Waals surface area contributed by atoms with Crippen LogP contribution in [0.3, 0.4) is 0 Å². The normalized spacial score (nSPS) is 13.9. The maximum Gasteiger partial charge on any atom is 0.418 e. The average molecular weight is 567 g/mol. The van der Waals surface area contributed by atoms with Crippen molar-refractivity contribution in [2.45, 2.75) is 32.2 Å². The van der Waals surface area contributed by atoms with Crippen LogP contribution in [0.4, 0.5) is 13.2 Å². The zero-order chi connectivity index (χ0) is 29.1. The molecule has 5 aromatic rings. The first kappa shape index (κ1) is 27.7. The Hall–Kier alpha value is -4.49. The Balaban J connectivity index is 1.33. The molecule has 0 spiro atoms. The first-order valence-corrected chi connectivity index (χ1v) is 14.0. The molecule has 0 bridgehead atoms. The number of para-hydroxylation sites is 1. The van der Waals surface area contributed by atoms with Gasteiger partial charge in [-0.3, -0.25) is 14.7 Å². The molecule has 4 nitrogen and oxygen atoms in total. The van der Waals surface area contributed by atoms with Crippen molar-refractivity contribution in [3.63, 3.8) is 0 Å². The molecular formula is C35H29F3N2O2. The Morgan fingerprint density at radius 1 is 0.833 bits per heavy atom. The van der Waals surface area contributed by atoms with Crippen molar-refractivity contribution in [2.75, 3.05) is 13.1 Å². The molecule has 7 heteroatoms. The summed E-state index contributed by atoms with van der Waals surface area (Å²) in [5.74, 6) is 0.224. The number of rotatable bonds is 8. The molecule has 1 aliphatic rings. The third kappa shape index (κ3) is 5.92. The fourth-order valence-corrected chi connectivity index (χ4v) is 5.53. The van der Waals surface area contributed by atoms with E-state index in [0.29, 0.717) is 29.0 Å². The van der Waals surface area contributed by atoms with Crippen LogP contribution in [0.5, 0.6) is 5.75 Å². The zero-order valence-corrected chi connectivity index (χ0v) is 22.9. The number of fused-ring (bicyclic) bond motifs is 1. The first-order chi connectivity index (χ1) is 20.4. The summed E-state index contributed by atoms with van der Waals surface area (Å²) in [5, 5.41) is 0.248.